The second-order valence-electron chi connectivity index (χ2n) is 11.4. The molecular weight excluding hydrogens is 471 g/mol. The summed E-state index contributed by atoms with van der Waals surface area (Å²) in [5.41, 5.74) is -1.17. The van der Waals surface area contributed by atoms with Crippen LogP contribution >= 0.6 is 0 Å². The molecule has 0 bridgehead atoms. The summed E-state index contributed by atoms with van der Waals surface area (Å²) < 4.78 is 32.5. The fraction of sp³-hybridized carbons (Fsp3) is 0.640. The minimum absolute atomic E-state index is 0.00224. The summed E-state index contributed by atoms with van der Waals surface area (Å²) in [7, 11) is -2.08. The van der Waals surface area contributed by atoms with Crippen molar-refractivity contribution in [3.05, 3.63) is 45.8 Å². The summed E-state index contributed by atoms with van der Waals surface area (Å²) in [5, 5.41) is 11.3. The van der Waals surface area contributed by atoms with Gasteiger partial charge in [0.1, 0.15) is 11.4 Å². The highest BCUT2D eigenvalue weighted by Gasteiger charge is 2.42. The van der Waals surface area contributed by atoms with Gasteiger partial charge in [-0.2, -0.15) is 0 Å². The van der Waals surface area contributed by atoms with Crippen LogP contribution in [-0.2, 0) is 13.9 Å². The first-order chi connectivity index (χ1) is 15.9. The number of nitro benzene ring substituents is 1. The number of morpholine rings is 1. The van der Waals surface area contributed by atoms with Gasteiger partial charge in [0, 0.05) is 6.07 Å². The van der Waals surface area contributed by atoms with Gasteiger partial charge in [-0.1, -0.05) is 32.9 Å². The molecule has 0 spiro atoms. The topological polar surface area (TPSA) is 91.1 Å². The molecule has 196 valence electrons. The van der Waals surface area contributed by atoms with E-state index in [0.29, 0.717) is 6.61 Å². The normalized spacial score (nSPS) is 21.9. The van der Waals surface area contributed by atoms with Crippen molar-refractivity contribution in [2.75, 3.05) is 13.2 Å². The summed E-state index contributed by atoms with van der Waals surface area (Å²) in [6.45, 7) is 18.4. The number of carbonyl (C=O) groups excluding carboxylic acids is 1. The van der Waals surface area contributed by atoms with Crippen LogP contribution in [0.2, 0.25) is 18.1 Å². The van der Waals surface area contributed by atoms with Crippen molar-refractivity contribution in [1.82, 2.24) is 4.90 Å². The third-order valence-corrected chi connectivity index (χ3v) is 11.0. The average molecular weight is 511 g/mol. The lowest BCUT2D eigenvalue weighted by Gasteiger charge is -2.45. The molecular formula is C25H39FN2O6Si. The Hall–Kier alpha value is -2.30. The number of rotatable bonds is 6. The maximum Gasteiger partial charge on any atom is 0.410 e. The Kier molecular flexibility index (Phi) is 8.89. The lowest BCUT2D eigenvalue weighted by Crippen LogP contribution is -2.59. The lowest BCUT2D eigenvalue weighted by atomic mass is 10.1. The second kappa shape index (κ2) is 10.8. The van der Waals surface area contributed by atoms with Gasteiger partial charge in [-0.3, -0.25) is 15.0 Å². The molecule has 1 aromatic rings. The molecule has 0 radical (unpaired) electrons. The minimum Gasteiger partial charge on any atom is -0.444 e. The number of hydrogen-bond donors (Lipinski definition) is 0. The molecule has 0 saturated carbocycles. The first-order valence-corrected chi connectivity index (χ1v) is 14.7. The molecule has 3 unspecified atom stereocenters. The van der Waals surface area contributed by atoms with Gasteiger partial charge >= 0.3 is 6.09 Å². The van der Waals surface area contributed by atoms with Crippen molar-refractivity contribution >= 4 is 26.2 Å². The molecule has 0 N–H and O–H groups in total. The maximum atomic E-state index is 14.3. The van der Waals surface area contributed by atoms with Crippen LogP contribution < -0.4 is 0 Å². The Morgan fingerprint density at radius 1 is 1.29 bits per heavy atom. The van der Waals surface area contributed by atoms with Crippen LogP contribution in [0.15, 0.2) is 24.3 Å². The monoisotopic (exact) mass is 510 g/mol. The van der Waals surface area contributed by atoms with Crippen LogP contribution in [0.3, 0.4) is 0 Å². The second-order valence-corrected chi connectivity index (χ2v) is 16.2. The average Bonchev–Trinajstić information content (AvgIpc) is 2.69. The largest absolute Gasteiger partial charge is 0.444 e. The van der Waals surface area contributed by atoms with E-state index in [2.05, 4.69) is 33.9 Å². The number of benzene rings is 1. The SMILES string of the molecule is CC1OC(/C=C/c2c(F)cccc2[N+](=O)[O-])CN(C(=O)OC(C)(C)C)C1CO[Si](C)(C)C(C)(C)C. The van der Waals surface area contributed by atoms with Crippen molar-refractivity contribution in [2.24, 2.45) is 0 Å². The van der Waals surface area contributed by atoms with Crippen molar-refractivity contribution in [3.63, 3.8) is 0 Å². The zero-order chi connectivity index (χ0) is 26.8. The Balaban J connectivity index is 2.31. The lowest BCUT2D eigenvalue weighted by molar-refractivity contribution is -0.385. The maximum absolute atomic E-state index is 14.3. The third-order valence-electron chi connectivity index (χ3n) is 6.46. The van der Waals surface area contributed by atoms with E-state index in [1.54, 1.807) is 31.7 Å². The Labute approximate surface area is 208 Å². The highest BCUT2D eigenvalue weighted by atomic mass is 28.4. The highest BCUT2D eigenvalue weighted by molar-refractivity contribution is 6.74. The number of carbonyl (C=O) groups is 1. The van der Waals surface area contributed by atoms with E-state index < -0.39 is 43.0 Å². The van der Waals surface area contributed by atoms with Crippen LogP contribution in [0.25, 0.3) is 6.08 Å². The number of nitrogens with zero attached hydrogens (tertiary/aromatic N) is 2. The van der Waals surface area contributed by atoms with Gasteiger partial charge in [-0.25, -0.2) is 9.18 Å². The predicted molar refractivity (Wildman–Crippen MR) is 136 cm³/mol. The molecule has 1 fully saturated rings. The Bertz CT molecular complexity index is 954. The van der Waals surface area contributed by atoms with Crippen molar-refractivity contribution in [2.45, 2.75) is 90.4 Å². The molecule has 1 saturated heterocycles. The summed E-state index contributed by atoms with van der Waals surface area (Å²) in [5.74, 6) is -0.705. The number of nitro groups is 1. The van der Waals surface area contributed by atoms with E-state index in [4.69, 9.17) is 13.9 Å². The standard InChI is InChI=1S/C25H39FN2O6Si/c1-17-22(16-32-35(8,9)25(5,6)7)27(23(29)34-24(2,3)4)15-18(33-17)13-14-19-20(26)11-10-12-21(19)28(30)31/h10-14,17-18,22H,15-16H2,1-9H3/b14-13+. The molecule has 1 aliphatic rings. The van der Waals surface area contributed by atoms with Crippen LogP contribution in [0.5, 0.6) is 0 Å². The van der Waals surface area contributed by atoms with E-state index in [9.17, 15) is 19.3 Å². The van der Waals surface area contributed by atoms with Gasteiger partial charge in [-0.05, 0) is 58.0 Å². The first-order valence-electron chi connectivity index (χ1n) is 11.8. The summed E-state index contributed by atoms with van der Waals surface area (Å²) >= 11 is 0. The van der Waals surface area contributed by atoms with Gasteiger partial charge in [0.25, 0.3) is 5.69 Å². The molecule has 0 aromatic heterocycles. The van der Waals surface area contributed by atoms with Crippen molar-refractivity contribution in [1.29, 1.82) is 0 Å². The molecule has 35 heavy (non-hydrogen) atoms. The quantitative estimate of drug-likeness (QED) is 0.258. The predicted octanol–water partition coefficient (Wildman–Crippen LogP) is 6.16. The van der Waals surface area contributed by atoms with E-state index >= 15 is 0 Å². The third kappa shape index (κ3) is 7.59. The van der Waals surface area contributed by atoms with Crippen LogP contribution in [0.4, 0.5) is 14.9 Å². The highest BCUT2D eigenvalue weighted by Crippen LogP contribution is 2.37. The van der Waals surface area contributed by atoms with Gasteiger partial charge in [-0.15, -0.1) is 0 Å². The summed E-state index contributed by atoms with van der Waals surface area (Å²) in [4.78, 5) is 25.4. The number of amides is 1. The van der Waals surface area contributed by atoms with E-state index in [-0.39, 0.29) is 28.9 Å². The summed E-state index contributed by atoms with van der Waals surface area (Å²) in [6, 6.07) is 3.32. The molecule has 8 nitrogen and oxygen atoms in total. The van der Waals surface area contributed by atoms with Crippen LogP contribution in [0, 0.1) is 15.9 Å². The number of halogens is 1. The van der Waals surface area contributed by atoms with E-state index in [1.807, 2.05) is 6.92 Å². The van der Waals surface area contributed by atoms with E-state index in [1.165, 1.54) is 18.2 Å². The number of ether oxygens (including phenoxy) is 2. The molecule has 2 rings (SSSR count). The molecule has 1 heterocycles. The minimum atomic E-state index is -2.08. The van der Waals surface area contributed by atoms with Gasteiger partial charge in [0.2, 0.25) is 0 Å². The number of hydrogen-bond acceptors (Lipinski definition) is 6. The molecule has 0 aliphatic carbocycles. The first kappa shape index (κ1) is 28.9. The van der Waals surface area contributed by atoms with Gasteiger partial charge in [0.05, 0.1) is 41.9 Å². The Morgan fingerprint density at radius 3 is 2.46 bits per heavy atom. The van der Waals surface area contributed by atoms with Crippen LogP contribution in [0.1, 0.15) is 54.0 Å². The van der Waals surface area contributed by atoms with Gasteiger partial charge in [0.15, 0.2) is 8.32 Å². The fourth-order valence-corrected chi connectivity index (χ4v) is 4.44. The zero-order valence-corrected chi connectivity index (χ0v) is 23.3. The zero-order valence-electron chi connectivity index (χ0n) is 22.3. The molecule has 1 amide bonds. The molecule has 3 atom stereocenters. The van der Waals surface area contributed by atoms with Crippen molar-refractivity contribution < 1.29 is 28.0 Å². The molecule has 1 aliphatic heterocycles. The Morgan fingerprint density at radius 2 is 1.91 bits per heavy atom. The summed E-state index contributed by atoms with van der Waals surface area (Å²) in [6.07, 6.45) is 1.37. The van der Waals surface area contributed by atoms with Crippen LogP contribution in [-0.4, -0.2) is 61.2 Å². The smallest absolute Gasteiger partial charge is 0.410 e. The van der Waals surface area contributed by atoms with Gasteiger partial charge < -0.3 is 13.9 Å². The molecule has 10 heteroatoms. The fourth-order valence-electron chi connectivity index (χ4n) is 3.42. The van der Waals surface area contributed by atoms with E-state index in [0.717, 1.165) is 6.07 Å². The molecule has 1 aromatic carbocycles. The van der Waals surface area contributed by atoms with Crippen molar-refractivity contribution in [3.8, 4) is 0 Å².